The standard InChI is InChI=1S/C13H16N2O4/c1-7(2)10(13(18)19)15-12(17)9-5-3-8(4-6-9)11(14)16/h3-7,10H,1-2H3,(H2,14,16)(H,15,17)(H,18,19)/t10-/m1/s1. The van der Waals surface area contributed by atoms with Crippen molar-refractivity contribution in [3.05, 3.63) is 35.4 Å². The van der Waals surface area contributed by atoms with Crippen LogP contribution >= 0.6 is 0 Å². The van der Waals surface area contributed by atoms with Gasteiger partial charge in [0, 0.05) is 11.1 Å². The molecule has 4 N–H and O–H groups in total. The SMILES string of the molecule is CC(C)[C@@H](NC(=O)c1ccc(C(N)=O)cc1)C(=O)O. The summed E-state index contributed by atoms with van der Waals surface area (Å²) in [6.07, 6.45) is 0. The fourth-order valence-corrected chi connectivity index (χ4v) is 1.52. The Balaban J connectivity index is 2.83. The Morgan fingerprint density at radius 1 is 1.11 bits per heavy atom. The Bertz CT molecular complexity index is 494. The first-order chi connectivity index (χ1) is 8.82. The molecule has 0 aliphatic rings. The third kappa shape index (κ3) is 3.80. The number of nitrogens with one attached hydrogen (secondary N) is 1. The zero-order chi connectivity index (χ0) is 14.6. The summed E-state index contributed by atoms with van der Waals surface area (Å²) in [6, 6.07) is 4.73. The van der Waals surface area contributed by atoms with Gasteiger partial charge in [0.25, 0.3) is 5.91 Å². The number of aliphatic carboxylic acids is 1. The summed E-state index contributed by atoms with van der Waals surface area (Å²) in [7, 11) is 0. The molecule has 1 aromatic carbocycles. The van der Waals surface area contributed by atoms with Crippen molar-refractivity contribution in [2.45, 2.75) is 19.9 Å². The Labute approximate surface area is 110 Å². The summed E-state index contributed by atoms with van der Waals surface area (Å²) in [5.41, 5.74) is 5.65. The molecule has 6 heteroatoms. The lowest BCUT2D eigenvalue weighted by Crippen LogP contribution is -2.44. The second-order valence-electron chi connectivity index (χ2n) is 4.47. The molecule has 0 aliphatic heterocycles. The van der Waals surface area contributed by atoms with Gasteiger partial charge in [-0.15, -0.1) is 0 Å². The number of benzene rings is 1. The normalized spacial score (nSPS) is 11.9. The number of carbonyl (C=O) groups is 3. The average molecular weight is 264 g/mol. The molecule has 0 aliphatic carbocycles. The minimum absolute atomic E-state index is 0.230. The summed E-state index contributed by atoms with van der Waals surface area (Å²) in [4.78, 5) is 33.7. The Morgan fingerprint density at radius 2 is 1.58 bits per heavy atom. The Morgan fingerprint density at radius 3 is 1.95 bits per heavy atom. The first kappa shape index (κ1) is 14.7. The number of carbonyl (C=O) groups excluding carboxylic acids is 2. The molecule has 0 saturated heterocycles. The van der Waals surface area contributed by atoms with E-state index in [9.17, 15) is 14.4 Å². The molecule has 6 nitrogen and oxygen atoms in total. The molecule has 0 radical (unpaired) electrons. The predicted molar refractivity (Wildman–Crippen MR) is 68.7 cm³/mol. The highest BCUT2D eigenvalue weighted by molar-refractivity contribution is 5.98. The number of primary amides is 1. The molecule has 0 heterocycles. The molecule has 1 rings (SSSR count). The number of hydrogen-bond acceptors (Lipinski definition) is 3. The van der Waals surface area contributed by atoms with Gasteiger partial charge in [0.1, 0.15) is 6.04 Å². The van der Waals surface area contributed by atoms with E-state index in [2.05, 4.69) is 5.32 Å². The van der Waals surface area contributed by atoms with Crippen LogP contribution < -0.4 is 11.1 Å². The molecule has 1 atom stereocenters. The lowest BCUT2D eigenvalue weighted by molar-refractivity contribution is -0.140. The predicted octanol–water partition coefficient (Wildman–Crippen LogP) is 0.624. The first-order valence-electron chi connectivity index (χ1n) is 5.76. The third-order valence-corrected chi connectivity index (χ3v) is 2.65. The van der Waals surface area contributed by atoms with E-state index >= 15 is 0 Å². The van der Waals surface area contributed by atoms with E-state index in [0.29, 0.717) is 0 Å². The Hall–Kier alpha value is -2.37. The molecule has 19 heavy (non-hydrogen) atoms. The lowest BCUT2D eigenvalue weighted by Gasteiger charge is -2.17. The molecule has 1 aromatic rings. The van der Waals surface area contributed by atoms with Crippen molar-refractivity contribution in [3.8, 4) is 0 Å². The lowest BCUT2D eigenvalue weighted by atomic mass is 10.0. The smallest absolute Gasteiger partial charge is 0.326 e. The van der Waals surface area contributed by atoms with Gasteiger partial charge in [-0.2, -0.15) is 0 Å². The van der Waals surface area contributed by atoms with Gasteiger partial charge in [-0.3, -0.25) is 9.59 Å². The van der Waals surface area contributed by atoms with Gasteiger partial charge in [-0.05, 0) is 30.2 Å². The summed E-state index contributed by atoms with van der Waals surface area (Å²) in [6.45, 7) is 3.41. The number of hydrogen-bond donors (Lipinski definition) is 3. The summed E-state index contributed by atoms with van der Waals surface area (Å²) in [5.74, 6) is -2.40. The van der Waals surface area contributed by atoms with E-state index in [1.165, 1.54) is 24.3 Å². The second-order valence-corrected chi connectivity index (χ2v) is 4.47. The zero-order valence-corrected chi connectivity index (χ0v) is 10.7. The van der Waals surface area contributed by atoms with Crippen LogP contribution in [0.2, 0.25) is 0 Å². The van der Waals surface area contributed by atoms with E-state index in [-0.39, 0.29) is 17.0 Å². The number of amides is 2. The molecular formula is C13H16N2O4. The molecule has 102 valence electrons. The van der Waals surface area contributed by atoms with Crippen LogP contribution in [-0.2, 0) is 4.79 Å². The fraction of sp³-hybridized carbons (Fsp3) is 0.308. The zero-order valence-electron chi connectivity index (χ0n) is 10.7. The van der Waals surface area contributed by atoms with E-state index in [1.807, 2.05) is 0 Å². The largest absolute Gasteiger partial charge is 0.480 e. The minimum Gasteiger partial charge on any atom is -0.480 e. The van der Waals surface area contributed by atoms with Crippen LogP contribution in [0.15, 0.2) is 24.3 Å². The summed E-state index contributed by atoms with van der Waals surface area (Å²) < 4.78 is 0. The second kappa shape index (κ2) is 5.99. The topological polar surface area (TPSA) is 109 Å². The maximum Gasteiger partial charge on any atom is 0.326 e. The number of nitrogens with two attached hydrogens (primary N) is 1. The van der Waals surface area contributed by atoms with Gasteiger partial charge in [0.15, 0.2) is 0 Å². The number of carboxylic acid groups (broad SMARTS) is 1. The van der Waals surface area contributed by atoms with Crippen molar-refractivity contribution in [1.82, 2.24) is 5.32 Å². The van der Waals surface area contributed by atoms with E-state index in [0.717, 1.165) is 0 Å². The molecular weight excluding hydrogens is 248 g/mol. The van der Waals surface area contributed by atoms with Crippen LogP contribution in [0.25, 0.3) is 0 Å². The van der Waals surface area contributed by atoms with Crippen LogP contribution in [0.5, 0.6) is 0 Å². The third-order valence-electron chi connectivity index (χ3n) is 2.65. The molecule has 0 spiro atoms. The maximum atomic E-state index is 11.9. The first-order valence-corrected chi connectivity index (χ1v) is 5.76. The van der Waals surface area contributed by atoms with Crippen molar-refractivity contribution < 1.29 is 19.5 Å². The van der Waals surface area contributed by atoms with E-state index < -0.39 is 23.8 Å². The number of carboxylic acids is 1. The van der Waals surface area contributed by atoms with Crippen LogP contribution in [-0.4, -0.2) is 28.9 Å². The van der Waals surface area contributed by atoms with Crippen LogP contribution in [0.1, 0.15) is 34.6 Å². The fourth-order valence-electron chi connectivity index (χ4n) is 1.52. The van der Waals surface area contributed by atoms with Crippen molar-refractivity contribution >= 4 is 17.8 Å². The summed E-state index contributed by atoms with van der Waals surface area (Å²) in [5, 5.41) is 11.4. The quantitative estimate of drug-likeness (QED) is 0.724. The van der Waals surface area contributed by atoms with Crippen molar-refractivity contribution in [1.29, 1.82) is 0 Å². The monoisotopic (exact) mass is 264 g/mol. The van der Waals surface area contributed by atoms with Gasteiger partial charge in [0.2, 0.25) is 5.91 Å². The van der Waals surface area contributed by atoms with Crippen LogP contribution in [0.3, 0.4) is 0 Å². The number of rotatable bonds is 5. The highest BCUT2D eigenvalue weighted by atomic mass is 16.4. The highest BCUT2D eigenvalue weighted by Crippen LogP contribution is 2.07. The molecule has 0 aromatic heterocycles. The van der Waals surface area contributed by atoms with Gasteiger partial charge < -0.3 is 16.2 Å². The minimum atomic E-state index is -1.09. The van der Waals surface area contributed by atoms with Crippen molar-refractivity contribution in [2.75, 3.05) is 0 Å². The van der Waals surface area contributed by atoms with Crippen LogP contribution in [0, 0.1) is 5.92 Å². The maximum absolute atomic E-state index is 11.9. The molecule has 0 bridgehead atoms. The van der Waals surface area contributed by atoms with Gasteiger partial charge in [0.05, 0.1) is 0 Å². The van der Waals surface area contributed by atoms with E-state index in [1.54, 1.807) is 13.8 Å². The van der Waals surface area contributed by atoms with Crippen molar-refractivity contribution in [2.24, 2.45) is 11.7 Å². The van der Waals surface area contributed by atoms with Crippen LogP contribution in [0.4, 0.5) is 0 Å². The average Bonchev–Trinajstić information content (AvgIpc) is 2.34. The van der Waals surface area contributed by atoms with Gasteiger partial charge >= 0.3 is 5.97 Å². The van der Waals surface area contributed by atoms with Crippen molar-refractivity contribution in [3.63, 3.8) is 0 Å². The Kier molecular flexibility index (Phi) is 4.63. The molecule has 0 fully saturated rings. The molecule has 2 amide bonds. The highest BCUT2D eigenvalue weighted by Gasteiger charge is 2.23. The van der Waals surface area contributed by atoms with E-state index in [4.69, 9.17) is 10.8 Å². The molecule has 0 saturated carbocycles. The van der Waals surface area contributed by atoms with Gasteiger partial charge in [-0.25, -0.2) is 4.79 Å². The summed E-state index contributed by atoms with van der Waals surface area (Å²) >= 11 is 0. The van der Waals surface area contributed by atoms with Gasteiger partial charge in [-0.1, -0.05) is 13.8 Å². The molecule has 0 unspecified atom stereocenters.